The van der Waals surface area contributed by atoms with E-state index in [1.165, 1.54) is 44.6 Å². The molecule has 172 valence electrons. The van der Waals surface area contributed by atoms with Gasteiger partial charge < -0.3 is 0 Å². The minimum atomic E-state index is -0.156. The van der Waals surface area contributed by atoms with E-state index in [4.69, 9.17) is 11.6 Å². The van der Waals surface area contributed by atoms with Gasteiger partial charge in [0.1, 0.15) is 0 Å². The Kier molecular flexibility index (Phi) is 5.69. The van der Waals surface area contributed by atoms with E-state index in [1.807, 2.05) is 6.07 Å². The van der Waals surface area contributed by atoms with Crippen LogP contribution < -0.4 is 0 Å². The molecule has 3 aliphatic carbocycles. The van der Waals surface area contributed by atoms with E-state index in [0.29, 0.717) is 5.92 Å². The molecule has 1 atom stereocenters. The van der Waals surface area contributed by atoms with Gasteiger partial charge in [-0.3, -0.25) is 0 Å². The molecule has 0 radical (unpaired) electrons. The van der Waals surface area contributed by atoms with Crippen molar-refractivity contribution in [2.45, 2.75) is 46.5 Å². The number of hydrogen-bond acceptors (Lipinski definition) is 0. The molecule has 0 saturated carbocycles. The van der Waals surface area contributed by atoms with Gasteiger partial charge in [-0.05, 0) is 69.9 Å². The molecule has 3 aliphatic rings. The lowest BCUT2D eigenvalue weighted by molar-refractivity contribution is 0.379. The van der Waals surface area contributed by atoms with Gasteiger partial charge in [-0.1, -0.05) is 124 Å². The van der Waals surface area contributed by atoms with Crippen LogP contribution in [0.15, 0.2) is 119 Å². The fraction of sp³-hybridized carbons (Fsp3) is 0.273. The molecule has 0 aromatic heterocycles. The van der Waals surface area contributed by atoms with E-state index >= 15 is 0 Å². The van der Waals surface area contributed by atoms with Crippen LogP contribution in [-0.2, 0) is 5.41 Å². The normalized spacial score (nSPS) is 21.5. The molecule has 0 amide bonds. The molecule has 0 saturated heterocycles. The summed E-state index contributed by atoms with van der Waals surface area (Å²) in [6.07, 6.45) is 15.3. The van der Waals surface area contributed by atoms with Gasteiger partial charge in [0.15, 0.2) is 0 Å². The van der Waals surface area contributed by atoms with Gasteiger partial charge in [0.25, 0.3) is 0 Å². The monoisotopic (exact) mass is 464 g/mol. The highest BCUT2D eigenvalue weighted by atomic mass is 35.5. The maximum absolute atomic E-state index is 6.39. The Hall–Kier alpha value is -2.83. The van der Waals surface area contributed by atoms with Crippen molar-refractivity contribution in [1.29, 1.82) is 0 Å². The van der Waals surface area contributed by atoms with Crippen molar-refractivity contribution in [3.63, 3.8) is 0 Å². The third-order valence-corrected chi connectivity index (χ3v) is 8.31. The molecule has 1 heteroatoms. The largest absolute Gasteiger partial charge is 0.0843 e. The summed E-state index contributed by atoms with van der Waals surface area (Å²) in [4.78, 5) is 0. The summed E-state index contributed by atoms with van der Waals surface area (Å²) in [6, 6.07) is 19.0. The van der Waals surface area contributed by atoms with Gasteiger partial charge in [-0.25, -0.2) is 0 Å². The summed E-state index contributed by atoms with van der Waals surface area (Å²) >= 11 is 6.39. The lowest BCUT2D eigenvalue weighted by Gasteiger charge is -2.30. The molecule has 0 spiro atoms. The second-order valence-corrected chi connectivity index (χ2v) is 11.3. The predicted octanol–water partition coefficient (Wildman–Crippen LogP) is 9.43. The van der Waals surface area contributed by atoms with Crippen LogP contribution >= 0.6 is 11.6 Å². The van der Waals surface area contributed by atoms with Crippen LogP contribution in [0.5, 0.6) is 0 Å². The molecular weight excluding hydrogens is 432 g/mol. The minimum Gasteiger partial charge on any atom is -0.0843 e. The summed E-state index contributed by atoms with van der Waals surface area (Å²) in [7, 11) is 0. The first kappa shape index (κ1) is 22.9. The molecule has 0 fully saturated rings. The third kappa shape index (κ3) is 3.79. The van der Waals surface area contributed by atoms with Crippen molar-refractivity contribution in [3.8, 4) is 0 Å². The topological polar surface area (TPSA) is 0 Å². The van der Waals surface area contributed by atoms with E-state index in [-0.39, 0.29) is 10.8 Å². The van der Waals surface area contributed by atoms with Gasteiger partial charge >= 0.3 is 0 Å². The van der Waals surface area contributed by atoms with Crippen molar-refractivity contribution in [3.05, 3.63) is 135 Å². The standard InChI is InChI=1S/C33H33Cl/c1-22-14-18-30-28(21-31(22)32(2,3)25-12-9-13-26(34)20-25)27-17-15-24(23-10-7-6-8-11-23)16-19-29(27)33(30,4)5/h6-18,20-21,30H,19H2,1-5H3. The molecule has 1 unspecified atom stereocenters. The Balaban J connectivity index is 1.61. The number of hydrogen-bond donors (Lipinski definition) is 0. The van der Waals surface area contributed by atoms with Crippen molar-refractivity contribution in [1.82, 2.24) is 0 Å². The lowest BCUT2D eigenvalue weighted by atomic mass is 9.73. The Bertz CT molecular complexity index is 1320. The highest BCUT2D eigenvalue weighted by Crippen LogP contribution is 2.55. The van der Waals surface area contributed by atoms with Gasteiger partial charge in [0, 0.05) is 16.4 Å². The number of rotatable bonds is 3. The van der Waals surface area contributed by atoms with E-state index in [2.05, 4.69) is 120 Å². The average Bonchev–Trinajstić information content (AvgIpc) is 3.03. The molecule has 2 aromatic rings. The quantitative estimate of drug-likeness (QED) is 0.424. The van der Waals surface area contributed by atoms with Crippen LogP contribution in [0.1, 0.15) is 52.2 Å². The van der Waals surface area contributed by atoms with Crippen LogP contribution in [0.3, 0.4) is 0 Å². The molecule has 0 N–H and O–H groups in total. The molecule has 5 rings (SSSR count). The predicted molar refractivity (Wildman–Crippen MR) is 147 cm³/mol. The summed E-state index contributed by atoms with van der Waals surface area (Å²) in [6.45, 7) is 11.7. The van der Waals surface area contributed by atoms with E-state index in [9.17, 15) is 0 Å². The Labute approximate surface area is 209 Å². The van der Waals surface area contributed by atoms with Crippen LogP contribution in [0.2, 0.25) is 5.02 Å². The number of fused-ring (bicyclic) bond motifs is 2. The third-order valence-electron chi connectivity index (χ3n) is 8.07. The average molecular weight is 465 g/mol. The van der Waals surface area contributed by atoms with Crippen LogP contribution in [0.25, 0.3) is 5.57 Å². The van der Waals surface area contributed by atoms with Gasteiger partial charge in [-0.2, -0.15) is 0 Å². The summed E-state index contributed by atoms with van der Waals surface area (Å²) in [5.74, 6) is 0.372. The van der Waals surface area contributed by atoms with E-state index < -0.39 is 0 Å². The first-order chi connectivity index (χ1) is 16.2. The summed E-state index contributed by atoms with van der Waals surface area (Å²) in [5, 5.41) is 0.789. The molecule has 0 aliphatic heterocycles. The maximum Gasteiger partial charge on any atom is 0.0409 e. The van der Waals surface area contributed by atoms with E-state index in [0.717, 1.165) is 11.4 Å². The number of halogens is 1. The zero-order valence-electron chi connectivity index (χ0n) is 20.8. The second-order valence-electron chi connectivity index (χ2n) is 10.8. The van der Waals surface area contributed by atoms with Crippen molar-refractivity contribution >= 4 is 17.2 Å². The number of benzene rings is 2. The molecule has 0 bridgehead atoms. The maximum atomic E-state index is 6.39. The Morgan fingerprint density at radius 2 is 1.71 bits per heavy atom. The molecule has 34 heavy (non-hydrogen) atoms. The molecule has 0 nitrogen and oxygen atoms in total. The fourth-order valence-corrected chi connectivity index (χ4v) is 6.14. The van der Waals surface area contributed by atoms with Crippen LogP contribution in [0, 0.1) is 11.3 Å². The zero-order chi connectivity index (χ0) is 24.1. The lowest BCUT2D eigenvalue weighted by Crippen LogP contribution is -2.22. The Morgan fingerprint density at radius 1 is 0.941 bits per heavy atom. The Morgan fingerprint density at radius 3 is 2.44 bits per heavy atom. The van der Waals surface area contributed by atoms with Gasteiger partial charge in [0.05, 0.1) is 0 Å². The van der Waals surface area contributed by atoms with Crippen molar-refractivity contribution in [2.24, 2.45) is 11.3 Å². The zero-order valence-corrected chi connectivity index (χ0v) is 21.6. The fourth-order valence-electron chi connectivity index (χ4n) is 5.95. The first-order valence-corrected chi connectivity index (χ1v) is 12.6. The molecule has 2 aromatic carbocycles. The first-order valence-electron chi connectivity index (χ1n) is 12.2. The van der Waals surface area contributed by atoms with Crippen LogP contribution in [-0.4, -0.2) is 0 Å². The molecule has 0 heterocycles. The SMILES string of the molecule is CC1=C(C(C)(C)c2cccc(Cl)c2)C=C2C3=C(CC=C(c4ccccc4)C=C3)C(C)(C)C2C=C1. The highest BCUT2D eigenvalue weighted by molar-refractivity contribution is 6.30. The van der Waals surface area contributed by atoms with Crippen molar-refractivity contribution in [2.75, 3.05) is 0 Å². The summed E-state index contributed by atoms with van der Waals surface area (Å²) in [5.41, 5.74) is 10.8. The van der Waals surface area contributed by atoms with Crippen molar-refractivity contribution < 1.29 is 0 Å². The minimum absolute atomic E-state index is 0.0700. The van der Waals surface area contributed by atoms with Gasteiger partial charge in [-0.15, -0.1) is 0 Å². The number of allylic oxidation sites excluding steroid dienone is 12. The second kappa shape index (κ2) is 8.43. The van der Waals surface area contributed by atoms with E-state index in [1.54, 1.807) is 0 Å². The summed E-state index contributed by atoms with van der Waals surface area (Å²) < 4.78 is 0. The van der Waals surface area contributed by atoms with Gasteiger partial charge in [0.2, 0.25) is 0 Å². The smallest absolute Gasteiger partial charge is 0.0409 e. The van der Waals surface area contributed by atoms with Crippen LogP contribution in [0.4, 0.5) is 0 Å². The molecular formula is C33H33Cl. The highest BCUT2D eigenvalue weighted by Gasteiger charge is 2.43.